The number of amides is 2. The van der Waals surface area contributed by atoms with Crippen LogP contribution in [0.5, 0.6) is 0 Å². The molecule has 0 aromatic heterocycles. The fraction of sp³-hybridized carbons (Fsp3) is 0.409. The lowest BCUT2D eigenvalue weighted by Gasteiger charge is -2.32. The summed E-state index contributed by atoms with van der Waals surface area (Å²) >= 11 is 0. The largest absolute Gasteiger partial charge is 0.341 e. The van der Waals surface area contributed by atoms with Crippen molar-refractivity contribution in [2.24, 2.45) is 5.92 Å². The Morgan fingerprint density at radius 2 is 1.86 bits per heavy atom. The molecule has 6 heteroatoms. The van der Waals surface area contributed by atoms with Gasteiger partial charge in [0.05, 0.1) is 0 Å². The summed E-state index contributed by atoms with van der Waals surface area (Å²) in [7, 11) is 1.60. The van der Waals surface area contributed by atoms with E-state index in [0.717, 1.165) is 61.3 Å². The normalized spacial score (nSPS) is 15.4. The number of aryl methyl sites for hydroxylation is 1. The number of anilines is 1. The fourth-order valence-corrected chi connectivity index (χ4v) is 3.75. The van der Waals surface area contributed by atoms with Crippen molar-refractivity contribution in [3.63, 3.8) is 0 Å². The molecule has 2 aromatic rings. The Morgan fingerprint density at radius 1 is 1.11 bits per heavy atom. The van der Waals surface area contributed by atoms with Gasteiger partial charge in [-0.25, -0.2) is 13.6 Å². The molecule has 0 unspecified atom stereocenters. The summed E-state index contributed by atoms with van der Waals surface area (Å²) in [4.78, 5) is 14.1. The molecule has 150 valence electrons. The number of nitrogens with one attached hydrogen (secondary N) is 2. The van der Waals surface area contributed by atoms with Crippen LogP contribution in [0.4, 0.5) is 19.3 Å². The van der Waals surface area contributed by atoms with E-state index in [-0.39, 0.29) is 6.03 Å². The van der Waals surface area contributed by atoms with E-state index in [1.54, 1.807) is 13.1 Å². The minimum atomic E-state index is -0.794. The zero-order valence-corrected chi connectivity index (χ0v) is 16.4. The molecule has 0 aliphatic carbocycles. The van der Waals surface area contributed by atoms with E-state index in [2.05, 4.69) is 21.6 Å². The van der Waals surface area contributed by atoms with Crippen molar-refractivity contribution in [3.05, 3.63) is 64.7 Å². The molecule has 1 aliphatic heterocycles. The molecular formula is C22H27F2N3O. The molecule has 1 aliphatic rings. The third-order valence-electron chi connectivity index (χ3n) is 5.35. The second-order valence-corrected chi connectivity index (χ2v) is 7.54. The number of hydrogen-bond acceptors (Lipinski definition) is 2. The fourth-order valence-electron chi connectivity index (χ4n) is 3.75. The average molecular weight is 387 g/mol. The number of carbonyl (C=O) groups excluding carboxylic acids is 1. The van der Waals surface area contributed by atoms with Crippen LogP contribution in [0.15, 0.2) is 36.4 Å². The van der Waals surface area contributed by atoms with Gasteiger partial charge in [0.2, 0.25) is 0 Å². The minimum absolute atomic E-state index is 0.227. The number of urea groups is 1. The number of likely N-dealkylation sites (tertiary alicyclic amines) is 1. The molecule has 4 nitrogen and oxygen atoms in total. The Labute approximate surface area is 164 Å². The topological polar surface area (TPSA) is 44.4 Å². The molecule has 3 rings (SSSR count). The first-order chi connectivity index (χ1) is 13.4. The number of hydrogen-bond donors (Lipinski definition) is 2. The maximum Gasteiger partial charge on any atom is 0.318 e. The number of benzene rings is 2. The van der Waals surface area contributed by atoms with Crippen LogP contribution in [-0.4, -0.2) is 31.1 Å². The van der Waals surface area contributed by atoms with Crippen LogP contribution < -0.4 is 10.6 Å². The number of nitrogens with zero attached hydrogens (tertiary/aromatic N) is 1. The van der Waals surface area contributed by atoms with Gasteiger partial charge in [0.25, 0.3) is 0 Å². The van der Waals surface area contributed by atoms with Crippen LogP contribution >= 0.6 is 0 Å². The maximum atomic E-state index is 13.4. The van der Waals surface area contributed by atoms with Gasteiger partial charge in [-0.15, -0.1) is 0 Å². The number of halogens is 2. The van der Waals surface area contributed by atoms with Gasteiger partial charge < -0.3 is 10.6 Å². The molecule has 1 saturated heterocycles. The van der Waals surface area contributed by atoms with E-state index in [4.69, 9.17) is 0 Å². The standard InChI is InChI=1S/C22H27F2N3O/c1-15-3-6-21(26-22(28)25-2)18(11-15)14-27-9-7-16(8-10-27)12-17-4-5-19(23)20(24)13-17/h3-6,11,13,16H,7-10,12,14H2,1-2H3,(H2,25,26,28). The highest BCUT2D eigenvalue weighted by molar-refractivity contribution is 5.89. The van der Waals surface area contributed by atoms with Gasteiger partial charge >= 0.3 is 6.03 Å². The lowest BCUT2D eigenvalue weighted by atomic mass is 9.90. The van der Waals surface area contributed by atoms with Crippen LogP contribution in [0, 0.1) is 24.5 Å². The Hall–Kier alpha value is -2.47. The maximum absolute atomic E-state index is 13.4. The van der Waals surface area contributed by atoms with Crippen LogP contribution in [0.25, 0.3) is 0 Å². The van der Waals surface area contributed by atoms with Crippen molar-refractivity contribution in [1.82, 2.24) is 10.2 Å². The summed E-state index contributed by atoms with van der Waals surface area (Å²) in [5.41, 5.74) is 3.94. The molecule has 28 heavy (non-hydrogen) atoms. The predicted molar refractivity (Wildman–Crippen MR) is 107 cm³/mol. The van der Waals surface area contributed by atoms with Gasteiger partial charge in [-0.3, -0.25) is 4.90 Å². The molecule has 1 fully saturated rings. The molecule has 0 bridgehead atoms. The van der Waals surface area contributed by atoms with Crippen LogP contribution in [0.2, 0.25) is 0 Å². The zero-order valence-electron chi connectivity index (χ0n) is 16.4. The summed E-state index contributed by atoms with van der Waals surface area (Å²) in [6, 6.07) is 10.0. The molecular weight excluding hydrogens is 360 g/mol. The monoisotopic (exact) mass is 387 g/mol. The van der Waals surface area contributed by atoms with E-state index in [9.17, 15) is 13.6 Å². The van der Waals surface area contributed by atoms with Gasteiger partial charge in [-0.2, -0.15) is 0 Å². The molecule has 0 spiro atoms. The summed E-state index contributed by atoms with van der Waals surface area (Å²) < 4.78 is 26.5. The minimum Gasteiger partial charge on any atom is -0.341 e. The van der Waals surface area contributed by atoms with E-state index >= 15 is 0 Å². The summed E-state index contributed by atoms with van der Waals surface area (Å²) in [5.74, 6) is -1.09. The number of rotatable bonds is 5. The van der Waals surface area contributed by atoms with Crippen molar-refractivity contribution in [3.8, 4) is 0 Å². The molecule has 2 N–H and O–H groups in total. The van der Waals surface area contributed by atoms with Crippen molar-refractivity contribution in [2.75, 3.05) is 25.5 Å². The van der Waals surface area contributed by atoms with Crippen LogP contribution in [0.1, 0.15) is 29.5 Å². The zero-order chi connectivity index (χ0) is 20.1. The number of piperidine rings is 1. The lowest BCUT2D eigenvalue weighted by Crippen LogP contribution is -2.34. The second kappa shape index (κ2) is 9.15. The highest BCUT2D eigenvalue weighted by Gasteiger charge is 2.21. The molecule has 2 aromatic carbocycles. The lowest BCUT2D eigenvalue weighted by molar-refractivity contribution is 0.177. The number of carbonyl (C=O) groups is 1. The van der Waals surface area contributed by atoms with E-state index in [0.29, 0.717) is 5.92 Å². The molecule has 0 radical (unpaired) electrons. The van der Waals surface area contributed by atoms with Crippen molar-refractivity contribution >= 4 is 11.7 Å². The predicted octanol–water partition coefficient (Wildman–Crippen LogP) is 4.48. The van der Waals surface area contributed by atoms with Crippen LogP contribution in [0.3, 0.4) is 0 Å². The molecule has 0 atom stereocenters. The third-order valence-corrected chi connectivity index (χ3v) is 5.35. The Balaban J connectivity index is 1.57. The first-order valence-electron chi connectivity index (χ1n) is 9.69. The Morgan fingerprint density at radius 3 is 2.54 bits per heavy atom. The van der Waals surface area contributed by atoms with Crippen molar-refractivity contribution in [2.45, 2.75) is 32.7 Å². The van der Waals surface area contributed by atoms with Crippen molar-refractivity contribution < 1.29 is 13.6 Å². The van der Waals surface area contributed by atoms with Gasteiger partial charge in [0.1, 0.15) is 0 Å². The molecule has 1 heterocycles. The third kappa shape index (κ3) is 5.29. The summed E-state index contributed by atoms with van der Waals surface area (Å²) in [6.45, 7) is 4.71. The molecule has 2 amide bonds. The quantitative estimate of drug-likeness (QED) is 0.795. The van der Waals surface area contributed by atoms with Gasteiger partial charge in [0, 0.05) is 19.3 Å². The Kier molecular flexibility index (Phi) is 6.62. The second-order valence-electron chi connectivity index (χ2n) is 7.54. The van der Waals surface area contributed by atoms with Gasteiger partial charge in [-0.05, 0) is 74.5 Å². The van der Waals surface area contributed by atoms with E-state index in [1.807, 2.05) is 19.1 Å². The average Bonchev–Trinajstić information content (AvgIpc) is 2.68. The Bertz CT molecular complexity index is 833. The van der Waals surface area contributed by atoms with Gasteiger partial charge in [-0.1, -0.05) is 23.8 Å². The van der Waals surface area contributed by atoms with E-state index < -0.39 is 11.6 Å². The van der Waals surface area contributed by atoms with E-state index in [1.165, 1.54) is 12.1 Å². The highest BCUT2D eigenvalue weighted by Crippen LogP contribution is 2.26. The summed E-state index contributed by atoms with van der Waals surface area (Å²) in [6.07, 6.45) is 2.81. The SMILES string of the molecule is CNC(=O)Nc1ccc(C)cc1CN1CCC(Cc2ccc(F)c(F)c2)CC1. The smallest absolute Gasteiger partial charge is 0.318 e. The first kappa shape index (κ1) is 20.3. The first-order valence-corrected chi connectivity index (χ1v) is 9.69. The summed E-state index contributed by atoms with van der Waals surface area (Å²) in [5, 5.41) is 5.47. The molecule has 0 saturated carbocycles. The van der Waals surface area contributed by atoms with Crippen LogP contribution in [-0.2, 0) is 13.0 Å². The van der Waals surface area contributed by atoms with Gasteiger partial charge in [0.15, 0.2) is 11.6 Å². The highest BCUT2D eigenvalue weighted by atomic mass is 19.2. The van der Waals surface area contributed by atoms with Crippen molar-refractivity contribution in [1.29, 1.82) is 0 Å².